The fraction of sp³-hybridized carbons (Fsp3) is 0.571. The summed E-state index contributed by atoms with van der Waals surface area (Å²) in [7, 11) is 5.80. The van der Waals surface area contributed by atoms with Gasteiger partial charge in [0.25, 0.3) is 0 Å². The molecule has 0 aromatic carbocycles. The van der Waals surface area contributed by atoms with Gasteiger partial charge in [-0.05, 0) is 31.4 Å². The van der Waals surface area contributed by atoms with Crippen molar-refractivity contribution in [1.82, 2.24) is 4.68 Å². The number of allylic oxidation sites excluding steroid dienone is 1. The SMILES string of the molecule is CCCCc1ccn(N(C)C)c1/C=C(\C)OC. The van der Waals surface area contributed by atoms with Gasteiger partial charge in [0.2, 0.25) is 0 Å². The number of aryl methyl sites for hydroxylation is 1. The molecule has 1 aromatic heterocycles. The molecule has 0 atom stereocenters. The van der Waals surface area contributed by atoms with E-state index in [2.05, 4.69) is 34.9 Å². The molecule has 1 rings (SSSR count). The van der Waals surface area contributed by atoms with Crippen LogP contribution < -0.4 is 5.01 Å². The summed E-state index contributed by atoms with van der Waals surface area (Å²) in [5.74, 6) is 0.935. The Hall–Kier alpha value is -1.38. The van der Waals surface area contributed by atoms with E-state index in [0.29, 0.717) is 0 Å². The lowest BCUT2D eigenvalue weighted by Gasteiger charge is -2.18. The molecular formula is C14H24N2O. The fourth-order valence-electron chi connectivity index (χ4n) is 1.81. The monoisotopic (exact) mass is 236 g/mol. The molecule has 0 unspecified atom stereocenters. The Bertz CT molecular complexity index is 378. The Morgan fingerprint density at radius 3 is 2.71 bits per heavy atom. The molecule has 3 heteroatoms. The molecule has 0 bridgehead atoms. The van der Waals surface area contributed by atoms with Gasteiger partial charge in [-0.15, -0.1) is 0 Å². The summed E-state index contributed by atoms with van der Waals surface area (Å²) in [6.45, 7) is 4.20. The van der Waals surface area contributed by atoms with Crippen LogP contribution in [0.2, 0.25) is 0 Å². The van der Waals surface area contributed by atoms with Gasteiger partial charge in [-0.3, -0.25) is 4.68 Å². The van der Waals surface area contributed by atoms with E-state index in [1.165, 1.54) is 24.1 Å². The van der Waals surface area contributed by atoms with Crippen LogP contribution >= 0.6 is 0 Å². The molecule has 0 aliphatic rings. The third-order valence-corrected chi connectivity index (χ3v) is 2.89. The molecule has 0 amide bonds. The van der Waals surface area contributed by atoms with E-state index in [9.17, 15) is 0 Å². The molecule has 0 fully saturated rings. The average molecular weight is 236 g/mol. The number of hydrogen-bond donors (Lipinski definition) is 0. The van der Waals surface area contributed by atoms with E-state index in [4.69, 9.17) is 4.74 Å². The minimum atomic E-state index is 0.935. The topological polar surface area (TPSA) is 17.4 Å². The van der Waals surface area contributed by atoms with E-state index >= 15 is 0 Å². The average Bonchev–Trinajstić information content (AvgIpc) is 2.69. The number of aromatic nitrogens is 1. The third kappa shape index (κ3) is 3.55. The summed E-state index contributed by atoms with van der Waals surface area (Å²) in [6.07, 6.45) is 7.79. The Labute approximate surface area is 105 Å². The highest BCUT2D eigenvalue weighted by Gasteiger charge is 2.08. The molecule has 1 heterocycles. The summed E-state index contributed by atoms with van der Waals surface area (Å²) in [5.41, 5.74) is 2.61. The van der Waals surface area contributed by atoms with Gasteiger partial charge in [0, 0.05) is 26.4 Å². The zero-order chi connectivity index (χ0) is 12.8. The fourth-order valence-corrected chi connectivity index (χ4v) is 1.81. The van der Waals surface area contributed by atoms with Crippen LogP contribution in [0.25, 0.3) is 6.08 Å². The predicted molar refractivity (Wildman–Crippen MR) is 73.8 cm³/mol. The first-order chi connectivity index (χ1) is 8.10. The van der Waals surface area contributed by atoms with E-state index < -0.39 is 0 Å². The van der Waals surface area contributed by atoms with Crippen molar-refractivity contribution in [2.45, 2.75) is 33.1 Å². The summed E-state index contributed by atoms with van der Waals surface area (Å²) in [5, 5.41) is 2.07. The van der Waals surface area contributed by atoms with Crippen molar-refractivity contribution in [3.8, 4) is 0 Å². The van der Waals surface area contributed by atoms with Gasteiger partial charge in [0.15, 0.2) is 0 Å². The molecule has 3 nitrogen and oxygen atoms in total. The van der Waals surface area contributed by atoms with Gasteiger partial charge >= 0.3 is 0 Å². The smallest absolute Gasteiger partial charge is 0.0946 e. The van der Waals surface area contributed by atoms with Crippen molar-refractivity contribution >= 4 is 6.08 Å². The second-order valence-corrected chi connectivity index (χ2v) is 4.48. The van der Waals surface area contributed by atoms with Crippen LogP contribution in [-0.4, -0.2) is 25.9 Å². The number of nitrogens with zero attached hydrogens (tertiary/aromatic N) is 2. The van der Waals surface area contributed by atoms with Gasteiger partial charge in [-0.1, -0.05) is 13.3 Å². The summed E-state index contributed by atoms with van der Waals surface area (Å²) in [6, 6.07) is 2.20. The molecule has 1 aromatic rings. The molecule has 96 valence electrons. The van der Waals surface area contributed by atoms with Crippen molar-refractivity contribution in [2.75, 3.05) is 26.2 Å². The molecule has 0 spiro atoms. The molecule has 0 radical (unpaired) electrons. The maximum atomic E-state index is 5.25. The predicted octanol–water partition coefficient (Wildman–Crippen LogP) is 3.04. The number of methoxy groups -OCH3 is 1. The first kappa shape index (κ1) is 13.7. The first-order valence-electron chi connectivity index (χ1n) is 6.20. The zero-order valence-electron chi connectivity index (χ0n) is 11.7. The van der Waals surface area contributed by atoms with Gasteiger partial charge < -0.3 is 9.75 Å². The van der Waals surface area contributed by atoms with Crippen molar-refractivity contribution in [3.05, 3.63) is 29.3 Å². The highest BCUT2D eigenvalue weighted by molar-refractivity contribution is 5.53. The highest BCUT2D eigenvalue weighted by atomic mass is 16.5. The molecule has 0 N–H and O–H groups in total. The Balaban J connectivity index is 3.06. The maximum absolute atomic E-state index is 5.25. The molecule has 0 saturated carbocycles. The van der Waals surface area contributed by atoms with E-state index in [0.717, 1.165) is 12.2 Å². The largest absolute Gasteiger partial charge is 0.501 e. The molecule has 17 heavy (non-hydrogen) atoms. The van der Waals surface area contributed by atoms with Crippen LogP contribution in [0.5, 0.6) is 0 Å². The third-order valence-electron chi connectivity index (χ3n) is 2.89. The molecule has 0 aliphatic carbocycles. The summed E-state index contributed by atoms with van der Waals surface area (Å²) in [4.78, 5) is 0. The quantitative estimate of drug-likeness (QED) is 0.706. The van der Waals surface area contributed by atoms with Gasteiger partial charge in [-0.2, -0.15) is 0 Å². The zero-order valence-corrected chi connectivity index (χ0v) is 11.7. The van der Waals surface area contributed by atoms with Crippen LogP contribution in [-0.2, 0) is 11.2 Å². The highest BCUT2D eigenvalue weighted by Crippen LogP contribution is 2.17. The van der Waals surface area contributed by atoms with Crippen LogP contribution in [0.15, 0.2) is 18.0 Å². The normalized spacial score (nSPS) is 11.7. The van der Waals surface area contributed by atoms with Crippen molar-refractivity contribution in [2.24, 2.45) is 0 Å². The minimum Gasteiger partial charge on any atom is -0.501 e. The number of hydrogen-bond acceptors (Lipinski definition) is 2. The van der Waals surface area contributed by atoms with Crippen LogP contribution in [0.4, 0.5) is 0 Å². The Kier molecular flexibility index (Phi) is 5.13. The van der Waals surface area contributed by atoms with Crippen molar-refractivity contribution < 1.29 is 4.74 Å². The second kappa shape index (κ2) is 6.38. The summed E-state index contributed by atoms with van der Waals surface area (Å²) >= 11 is 0. The lowest BCUT2D eigenvalue weighted by molar-refractivity contribution is 0.297. The van der Waals surface area contributed by atoms with E-state index in [-0.39, 0.29) is 0 Å². The van der Waals surface area contributed by atoms with Crippen LogP contribution in [0.1, 0.15) is 37.9 Å². The van der Waals surface area contributed by atoms with Crippen molar-refractivity contribution in [3.63, 3.8) is 0 Å². The van der Waals surface area contributed by atoms with Gasteiger partial charge in [0.1, 0.15) is 0 Å². The van der Waals surface area contributed by atoms with Crippen molar-refractivity contribution in [1.29, 1.82) is 0 Å². The molecule has 0 saturated heterocycles. The number of rotatable bonds is 6. The van der Waals surface area contributed by atoms with Gasteiger partial charge in [-0.25, -0.2) is 0 Å². The summed E-state index contributed by atoms with van der Waals surface area (Å²) < 4.78 is 7.39. The van der Waals surface area contributed by atoms with Gasteiger partial charge in [0.05, 0.1) is 18.6 Å². The number of unbranched alkanes of at least 4 members (excludes halogenated alkanes) is 1. The van der Waals surface area contributed by atoms with Crippen LogP contribution in [0, 0.1) is 0 Å². The molecular weight excluding hydrogens is 212 g/mol. The lowest BCUT2D eigenvalue weighted by Crippen LogP contribution is -2.25. The Morgan fingerprint density at radius 1 is 1.47 bits per heavy atom. The first-order valence-corrected chi connectivity index (χ1v) is 6.20. The lowest BCUT2D eigenvalue weighted by atomic mass is 10.1. The standard InChI is InChI=1S/C14H24N2O/c1-6-7-8-13-9-10-16(15(3)4)14(13)11-12(2)17-5/h9-11H,6-8H2,1-5H3/b12-11+. The Morgan fingerprint density at radius 2 is 2.18 bits per heavy atom. The maximum Gasteiger partial charge on any atom is 0.0946 e. The second-order valence-electron chi connectivity index (χ2n) is 4.48. The van der Waals surface area contributed by atoms with Crippen LogP contribution in [0.3, 0.4) is 0 Å². The minimum absolute atomic E-state index is 0.935. The van der Waals surface area contributed by atoms with E-state index in [1.54, 1.807) is 7.11 Å². The number of ether oxygens (including phenoxy) is 1. The van der Waals surface area contributed by atoms with E-state index in [1.807, 2.05) is 21.0 Å². The molecule has 0 aliphatic heterocycles.